The molecule has 1 aromatic carbocycles. The number of hydrogen-bond donors (Lipinski definition) is 0. The van der Waals surface area contributed by atoms with Crippen LogP contribution in [-0.4, -0.2) is 6.61 Å². The van der Waals surface area contributed by atoms with E-state index in [4.69, 9.17) is 4.74 Å². The SMILES string of the molecule is CCCCCCOc1ccc(C(CC2CC=CCC2)C2CCC(CCCC)CC2)cc1F. The van der Waals surface area contributed by atoms with Gasteiger partial charge in [0.15, 0.2) is 11.6 Å². The van der Waals surface area contributed by atoms with E-state index in [1.54, 1.807) is 0 Å². The second kappa shape index (κ2) is 14.1. The first kappa shape index (κ1) is 25.3. The van der Waals surface area contributed by atoms with Crippen molar-refractivity contribution in [3.63, 3.8) is 0 Å². The predicted molar refractivity (Wildman–Crippen MR) is 135 cm³/mol. The maximum Gasteiger partial charge on any atom is 0.165 e. The fourth-order valence-corrected chi connectivity index (χ4v) is 5.98. The van der Waals surface area contributed by atoms with Gasteiger partial charge in [-0.1, -0.05) is 83.4 Å². The molecule has 2 heteroatoms. The summed E-state index contributed by atoms with van der Waals surface area (Å²) < 4.78 is 20.8. The van der Waals surface area contributed by atoms with E-state index in [1.165, 1.54) is 89.0 Å². The number of ether oxygens (including phenoxy) is 1. The molecule has 2 aliphatic carbocycles. The molecule has 2 aliphatic rings. The average Bonchev–Trinajstić information content (AvgIpc) is 2.83. The summed E-state index contributed by atoms with van der Waals surface area (Å²) in [6, 6.07) is 5.90. The molecular formula is C30H47FO. The van der Waals surface area contributed by atoms with Crippen LogP contribution in [0.4, 0.5) is 4.39 Å². The van der Waals surface area contributed by atoms with E-state index in [0.717, 1.165) is 24.7 Å². The largest absolute Gasteiger partial charge is 0.491 e. The van der Waals surface area contributed by atoms with Crippen LogP contribution < -0.4 is 4.74 Å². The molecule has 180 valence electrons. The molecule has 0 radical (unpaired) electrons. The van der Waals surface area contributed by atoms with Crippen LogP contribution in [0.5, 0.6) is 5.75 Å². The number of hydrogen-bond acceptors (Lipinski definition) is 1. The van der Waals surface area contributed by atoms with Gasteiger partial charge in [-0.3, -0.25) is 0 Å². The smallest absolute Gasteiger partial charge is 0.165 e. The molecule has 1 nitrogen and oxygen atoms in total. The van der Waals surface area contributed by atoms with Gasteiger partial charge in [0.1, 0.15) is 0 Å². The predicted octanol–water partition coefficient (Wildman–Crippen LogP) is 9.61. The molecule has 0 bridgehead atoms. The summed E-state index contributed by atoms with van der Waals surface area (Å²) in [4.78, 5) is 0. The fraction of sp³-hybridized carbons (Fsp3) is 0.733. The van der Waals surface area contributed by atoms with Gasteiger partial charge in [0.2, 0.25) is 0 Å². The Labute approximate surface area is 197 Å². The van der Waals surface area contributed by atoms with Gasteiger partial charge in [0, 0.05) is 0 Å². The Morgan fingerprint density at radius 2 is 1.72 bits per heavy atom. The van der Waals surface area contributed by atoms with Crippen LogP contribution in [-0.2, 0) is 0 Å². The standard InChI is InChI=1S/C30H47FO/c1-3-5-7-11-21-32-30-20-19-27(23-29(30)31)28(22-25-13-9-8-10-14-25)26-17-15-24(16-18-26)12-6-4-2/h8-9,19-20,23-26,28H,3-7,10-18,21-22H2,1-2H3. The number of halogens is 1. The molecule has 0 N–H and O–H groups in total. The second-order valence-electron chi connectivity index (χ2n) is 10.5. The van der Waals surface area contributed by atoms with Gasteiger partial charge in [0.05, 0.1) is 6.61 Å². The molecule has 32 heavy (non-hydrogen) atoms. The van der Waals surface area contributed by atoms with Gasteiger partial charge < -0.3 is 4.74 Å². The Balaban J connectivity index is 1.64. The van der Waals surface area contributed by atoms with Gasteiger partial charge in [0.25, 0.3) is 0 Å². The van der Waals surface area contributed by atoms with E-state index in [9.17, 15) is 4.39 Å². The van der Waals surface area contributed by atoms with E-state index in [1.807, 2.05) is 12.1 Å². The first-order chi connectivity index (χ1) is 15.7. The molecule has 0 aromatic heterocycles. The van der Waals surface area contributed by atoms with Crippen LogP contribution in [0, 0.1) is 23.6 Å². The van der Waals surface area contributed by atoms with E-state index in [0.29, 0.717) is 24.2 Å². The van der Waals surface area contributed by atoms with Crippen LogP contribution in [0.1, 0.15) is 122 Å². The molecule has 0 saturated heterocycles. The quantitative estimate of drug-likeness (QED) is 0.218. The maximum absolute atomic E-state index is 15.0. The van der Waals surface area contributed by atoms with Gasteiger partial charge in [-0.15, -0.1) is 0 Å². The Bertz CT molecular complexity index is 673. The molecular weight excluding hydrogens is 395 g/mol. The Kier molecular flexibility index (Phi) is 11.1. The number of unbranched alkanes of at least 4 members (excludes halogenated alkanes) is 4. The zero-order valence-corrected chi connectivity index (χ0v) is 20.8. The lowest BCUT2D eigenvalue weighted by Crippen LogP contribution is -2.23. The molecule has 0 amide bonds. The highest BCUT2D eigenvalue weighted by atomic mass is 19.1. The van der Waals surface area contributed by atoms with Gasteiger partial charge in [-0.2, -0.15) is 0 Å². The minimum Gasteiger partial charge on any atom is -0.491 e. The third-order valence-electron chi connectivity index (χ3n) is 8.03. The van der Waals surface area contributed by atoms with Crippen molar-refractivity contribution in [2.24, 2.45) is 17.8 Å². The molecule has 1 saturated carbocycles. The van der Waals surface area contributed by atoms with E-state index < -0.39 is 0 Å². The van der Waals surface area contributed by atoms with Crippen LogP contribution >= 0.6 is 0 Å². The Morgan fingerprint density at radius 3 is 2.41 bits per heavy atom. The molecule has 1 aromatic rings. The average molecular weight is 443 g/mol. The molecule has 0 spiro atoms. The van der Waals surface area contributed by atoms with Crippen molar-refractivity contribution in [3.8, 4) is 5.75 Å². The van der Waals surface area contributed by atoms with Crippen LogP contribution in [0.2, 0.25) is 0 Å². The van der Waals surface area contributed by atoms with Crippen molar-refractivity contribution in [2.75, 3.05) is 6.61 Å². The second-order valence-corrected chi connectivity index (χ2v) is 10.5. The van der Waals surface area contributed by atoms with Crippen LogP contribution in [0.15, 0.2) is 30.4 Å². The zero-order chi connectivity index (χ0) is 22.6. The minimum absolute atomic E-state index is 0.164. The Hall–Kier alpha value is -1.31. The van der Waals surface area contributed by atoms with Gasteiger partial charge >= 0.3 is 0 Å². The summed E-state index contributed by atoms with van der Waals surface area (Å²) in [5.41, 5.74) is 1.22. The summed E-state index contributed by atoms with van der Waals surface area (Å²) in [7, 11) is 0. The van der Waals surface area contributed by atoms with Crippen molar-refractivity contribution in [3.05, 3.63) is 41.7 Å². The maximum atomic E-state index is 15.0. The summed E-state index contributed by atoms with van der Waals surface area (Å²) in [6.45, 7) is 5.13. The lowest BCUT2D eigenvalue weighted by Gasteiger charge is -2.36. The highest BCUT2D eigenvalue weighted by molar-refractivity contribution is 5.32. The van der Waals surface area contributed by atoms with Crippen molar-refractivity contribution in [2.45, 2.75) is 116 Å². The minimum atomic E-state index is -0.164. The number of allylic oxidation sites excluding steroid dienone is 2. The normalized spacial score (nSPS) is 24.4. The van der Waals surface area contributed by atoms with E-state index in [-0.39, 0.29) is 5.82 Å². The van der Waals surface area contributed by atoms with Crippen LogP contribution in [0.25, 0.3) is 0 Å². The monoisotopic (exact) mass is 442 g/mol. The highest BCUT2D eigenvalue weighted by Gasteiger charge is 2.31. The third-order valence-corrected chi connectivity index (χ3v) is 8.03. The molecule has 0 heterocycles. The first-order valence-electron chi connectivity index (χ1n) is 13.8. The summed E-state index contributed by atoms with van der Waals surface area (Å²) in [5, 5.41) is 0. The molecule has 1 fully saturated rings. The van der Waals surface area contributed by atoms with Crippen molar-refractivity contribution in [1.29, 1.82) is 0 Å². The zero-order valence-electron chi connectivity index (χ0n) is 20.8. The third kappa shape index (κ3) is 7.92. The lowest BCUT2D eigenvalue weighted by atomic mass is 9.69. The highest BCUT2D eigenvalue weighted by Crippen LogP contribution is 2.44. The fourth-order valence-electron chi connectivity index (χ4n) is 5.98. The number of rotatable bonds is 13. The van der Waals surface area contributed by atoms with Crippen LogP contribution in [0.3, 0.4) is 0 Å². The van der Waals surface area contributed by atoms with Gasteiger partial charge in [-0.05, 0) is 86.3 Å². The molecule has 3 rings (SSSR count). The summed E-state index contributed by atoms with van der Waals surface area (Å²) in [6.07, 6.45) is 23.7. The van der Waals surface area contributed by atoms with Gasteiger partial charge in [-0.25, -0.2) is 4.39 Å². The van der Waals surface area contributed by atoms with E-state index in [2.05, 4.69) is 32.1 Å². The molecule has 2 atom stereocenters. The topological polar surface area (TPSA) is 9.23 Å². The molecule has 0 aliphatic heterocycles. The molecule has 2 unspecified atom stereocenters. The number of benzene rings is 1. The van der Waals surface area contributed by atoms with E-state index >= 15 is 0 Å². The van der Waals surface area contributed by atoms with Crippen molar-refractivity contribution >= 4 is 0 Å². The van der Waals surface area contributed by atoms with Crippen molar-refractivity contribution < 1.29 is 9.13 Å². The van der Waals surface area contributed by atoms with Crippen molar-refractivity contribution in [1.82, 2.24) is 0 Å². The lowest BCUT2D eigenvalue weighted by molar-refractivity contribution is 0.210. The Morgan fingerprint density at radius 1 is 0.906 bits per heavy atom. The first-order valence-corrected chi connectivity index (χ1v) is 13.8. The summed E-state index contributed by atoms with van der Waals surface area (Å²) in [5.74, 6) is 3.15. The summed E-state index contributed by atoms with van der Waals surface area (Å²) >= 11 is 0.